The van der Waals surface area contributed by atoms with Crippen LogP contribution in [0.5, 0.6) is 0 Å². The Morgan fingerprint density at radius 3 is 2.91 bits per heavy atom. The second-order valence-electron chi connectivity index (χ2n) is 3.75. The van der Waals surface area contributed by atoms with Crippen molar-refractivity contribution in [2.45, 2.75) is 12.8 Å². The fourth-order valence-corrected chi connectivity index (χ4v) is 2.44. The van der Waals surface area contributed by atoms with Gasteiger partial charge >= 0.3 is 0 Å². The number of piperidine rings is 1. The van der Waals surface area contributed by atoms with Crippen molar-refractivity contribution in [1.82, 2.24) is 4.90 Å². The van der Waals surface area contributed by atoms with Crippen LogP contribution in [-0.4, -0.2) is 29.5 Å². The van der Waals surface area contributed by atoms with Gasteiger partial charge in [-0.1, -0.05) is 12.2 Å². The topological polar surface area (TPSA) is 29.3 Å². The summed E-state index contributed by atoms with van der Waals surface area (Å²) in [4.78, 5) is 3.21. The Kier molecular flexibility index (Phi) is 1.85. The van der Waals surface area contributed by atoms with Crippen molar-refractivity contribution >= 4 is 17.2 Å². The van der Waals surface area contributed by atoms with Gasteiger partial charge in [0.15, 0.2) is 0 Å². The Labute approximate surface area is 72.7 Å². The molecule has 2 rings (SSSR count). The van der Waals surface area contributed by atoms with Gasteiger partial charge < -0.3 is 10.6 Å². The predicted molar refractivity (Wildman–Crippen MR) is 49.4 cm³/mol. The van der Waals surface area contributed by atoms with E-state index in [-0.39, 0.29) is 0 Å². The molecule has 2 aliphatic rings. The molecule has 2 aliphatic heterocycles. The third-order valence-corrected chi connectivity index (χ3v) is 3.20. The maximum atomic E-state index is 5.62. The zero-order valence-corrected chi connectivity index (χ0v) is 7.44. The van der Waals surface area contributed by atoms with Crippen LogP contribution >= 0.6 is 12.2 Å². The average Bonchev–Trinajstić information content (AvgIpc) is 2.30. The summed E-state index contributed by atoms with van der Waals surface area (Å²) in [6, 6.07) is 0. The molecule has 3 unspecified atom stereocenters. The summed E-state index contributed by atoms with van der Waals surface area (Å²) in [5, 5.41) is 0. The minimum atomic E-state index is 0.506. The lowest BCUT2D eigenvalue weighted by molar-refractivity contribution is 0.240. The van der Waals surface area contributed by atoms with Crippen LogP contribution in [0.1, 0.15) is 12.8 Å². The van der Waals surface area contributed by atoms with Gasteiger partial charge in [-0.05, 0) is 25.3 Å². The summed E-state index contributed by atoms with van der Waals surface area (Å²) in [6.07, 6.45) is 2.60. The highest BCUT2D eigenvalue weighted by molar-refractivity contribution is 7.80. The molecular formula is C8H14N2S. The van der Waals surface area contributed by atoms with Crippen LogP contribution in [0, 0.1) is 11.8 Å². The smallest absolute Gasteiger partial charge is 0.0771 e. The maximum Gasteiger partial charge on any atom is 0.0771 e. The Hall–Kier alpha value is -0.150. The van der Waals surface area contributed by atoms with E-state index in [1.807, 2.05) is 0 Å². The summed E-state index contributed by atoms with van der Waals surface area (Å²) in [5.74, 6) is 1.39. The van der Waals surface area contributed by atoms with Crippen molar-refractivity contribution < 1.29 is 0 Å². The Bertz CT molecular complexity index is 169. The van der Waals surface area contributed by atoms with Crippen molar-refractivity contribution in [1.29, 1.82) is 0 Å². The van der Waals surface area contributed by atoms with Gasteiger partial charge in [0, 0.05) is 19.0 Å². The third-order valence-electron chi connectivity index (χ3n) is 2.87. The highest BCUT2D eigenvalue weighted by Crippen LogP contribution is 2.30. The fourth-order valence-electron chi connectivity index (χ4n) is 2.27. The monoisotopic (exact) mass is 170 g/mol. The van der Waals surface area contributed by atoms with Crippen molar-refractivity contribution in [3.63, 3.8) is 0 Å². The molecule has 0 aliphatic carbocycles. The first kappa shape index (κ1) is 7.50. The SMILES string of the molecule is NC(=S)C1CC2CCN(C2)C1. The molecule has 62 valence electrons. The fraction of sp³-hybridized carbons (Fsp3) is 0.875. The molecule has 2 saturated heterocycles. The Morgan fingerprint density at radius 2 is 2.27 bits per heavy atom. The quantitative estimate of drug-likeness (QED) is 0.585. The maximum absolute atomic E-state index is 5.62. The molecule has 0 aromatic heterocycles. The molecule has 0 aromatic rings. The standard InChI is InChI=1S/C8H14N2S/c9-8(11)7-3-6-1-2-10(4-6)5-7/h6-7H,1-5H2,(H2,9,11). The lowest BCUT2D eigenvalue weighted by atomic mass is 9.91. The molecule has 3 atom stereocenters. The van der Waals surface area contributed by atoms with E-state index >= 15 is 0 Å². The second-order valence-corrected chi connectivity index (χ2v) is 4.22. The first-order valence-corrected chi connectivity index (χ1v) is 4.68. The van der Waals surface area contributed by atoms with Gasteiger partial charge in [0.2, 0.25) is 0 Å². The summed E-state index contributed by atoms with van der Waals surface area (Å²) in [6.45, 7) is 3.68. The van der Waals surface area contributed by atoms with E-state index in [9.17, 15) is 0 Å². The molecule has 0 amide bonds. The molecule has 0 saturated carbocycles. The van der Waals surface area contributed by atoms with E-state index in [0.29, 0.717) is 5.92 Å². The predicted octanol–water partition coefficient (Wildman–Crippen LogP) is 0.614. The molecule has 3 heteroatoms. The Balaban J connectivity index is 2.02. The minimum absolute atomic E-state index is 0.506. The first-order chi connectivity index (χ1) is 5.25. The minimum Gasteiger partial charge on any atom is -0.393 e. The molecule has 0 radical (unpaired) electrons. The van der Waals surface area contributed by atoms with Crippen molar-refractivity contribution in [2.75, 3.05) is 19.6 Å². The molecule has 2 bridgehead atoms. The van der Waals surface area contributed by atoms with Crippen molar-refractivity contribution in [2.24, 2.45) is 17.6 Å². The van der Waals surface area contributed by atoms with Crippen molar-refractivity contribution in [3.8, 4) is 0 Å². The molecule has 2 fully saturated rings. The van der Waals surface area contributed by atoms with Gasteiger partial charge in [-0.25, -0.2) is 0 Å². The van der Waals surface area contributed by atoms with Gasteiger partial charge in [-0.3, -0.25) is 0 Å². The van der Waals surface area contributed by atoms with Crippen LogP contribution < -0.4 is 5.73 Å². The Morgan fingerprint density at radius 1 is 1.45 bits per heavy atom. The number of rotatable bonds is 1. The van der Waals surface area contributed by atoms with Crippen LogP contribution in [0.3, 0.4) is 0 Å². The molecule has 2 N–H and O–H groups in total. The van der Waals surface area contributed by atoms with Gasteiger partial charge in [-0.2, -0.15) is 0 Å². The zero-order valence-electron chi connectivity index (χ0n) is 6.62. The highest BCUT2D eigenvalue weighted by atomic mass is 32.1. The number of fused-ring (bicyclic) bond motifs is 2. The summed E-state index contributed by atoms with van der Waals surface area (Å²) < 4.78 is 0. The largest absolute Gasteiger partial charge is 0.393 e. The number of hydrogen-bond donors (Lipinski definition) is 1. The van der Waals surface area contributed by atoms with E-state index in [2.05, 4.69) is 4.90 Å². The van der Waals surface area contributed by atoms with E-state index < -0.39 is 0 Å². The van der Waals surface area contributed by atoms with Crippen LogP contribution in [0.4, 0.5) is 0 Å². The number of hydrogen-bond acceptors (Lipinski definition) is 2. The molecule has 2 heterocycles. The average molecular weight is 170 g/mol. The third kappa shape index (κ3) is 1.40. The van der Waals surface area contributed by atoms with Gasteiger partial charge in [0.1, 0.15) is 0 Å². The number of thiocarbonyl (C=S) groups is 1. The second kappa shape index (κ2) is 2.72. The van der Waals surface area contributed by atoms with Gasteiger partial charge in [-0.15, -0.1) is 0 Å². The molecule has 0 aromatic carbocycles. The molecule has 2 nitrogen and oxygen atoms in total. The van der Waals surface area contributed by atoms with Gasteiger partial charge in [0.25, 0.3) is 0 Å². The number of nitrogens with zero attached hydrogens (tertiary/aromatic N) is 1. The van der Waals surface area contributed by atoms with Crippen LogP contribution in [0.15, 0.2) is 0 Å². The first-order valence-electron chi connectivity index (χ1n) is 4.27. The summed E-state index contributed by atoms with van der Waals surface area (Å²) in [7, 11) is 0. The lowest BCUT2D eigenvalue weighted by Crippen LogP contribution is -2.38. The zero-order chi connectivity index (χ0) is 7.84. The van der Waals surface area contributed by atoms with Crippen LogP contribution in [0.25, 0.3) is 0 Å². The summed E-state index contributed by atoms with van der Waals surface area (Å²) >= 11 is 5.00. The van der Waals surface area contributed by atoms with Crippen molar-refractivity contribution in [3.05, 3.63) is 0 Å². The van der Waals surface area contributed by atoms with Crippen LogP contribution in [0.2, 0.25) is 0 Å². The molecule has 11 heavy (non-hydrogen) atoms. The van der Waals surface area contributed by atoms with Crippen LogP contribution in [-0.2, 0) is 0 Å². The lowest BCUT2D eigenvalue weighted by Gasteiger charge is -2.28. The highest BCUT2D eigenvalue weighted by Gasteiger charge is 2.33. The molecular weight excluding hydrogens is 156 g/mol. The normalized spacial score (nSPS) is 42.4. The van der Waals surface area contributed by atoms with E-state index in [4.69, 9.17) is 18.0 Å². The summed E-state index contributed by atoms with van der Waals surface area (Å²) in [5.41, 5.74) is 5.62. The van der Waals surface area contributed by atoms with E-state index in [1.165, 1.54) is 25.9 Å². The van der Waals surface area contributed by atoms with Gasteiger partial charge in [0.05, 0.1) is 4.99 Å². The molecule has 0 spiro atoms. The van der Waals surface area contributed by atoms with E-state index in [1.54, 1.807) is 0 Å². The number of nitrogens with two attached hydrogens (primary N) is 1. The van der Waals surface area contributed by atoms with E-state index in [0.717, 1.165) is 17.5 Å².